The van der Waals surface area contributed by atoms with Crippen LogP contribution in [0.3, 0.4) is 0 Å². The number of thioether (sulfide) groups is 1. The first kappa shape index (κ1) is 9.09. The Bertz CT molecular complexity index is 76.6. The Morgan fingerprint density at radius 2 is 2.00 bits per heavy atom. The van der Waals surface area contributed by atoms with E-state index in [-0.39, 0.29) is 0 Å². The maximum absolute atomic E-state index is 3.72. The first-order valence-corrected chi connectivity index (χ1v) is 4.46. The van der Waals surface area contributed by atoms with E-state index in [1.165, 1.54) is 5.75 Å². The van der Waals surface area contributed by atoms with Gasteiger partial charge in [-0.2, -0.15) is 11.8 Å². The van der Waals surface area contributed by atoms with Gasteiger partial charge < -0.3 is 0 Å². The Kier molecular flexibility index (Phi) is 4.97. The van der Waals surface area contributed by atoms with E-state index >= 15 is 0 Å². The molecule has 0 N–H and O–H groups in total. The molecule has 0 nitrogen and oxygen atoms in total. The molecule has 0 rings (SSSR count). The van der Waals surface area contributed by atoms with Crippen molar-refractivity contribution >= 4 is 11.8 Å². The third-order valence-electron chi connectivity index (χ3n) is 1.02. The molecule has 0 radical (unpaired) electrons. The van der Waals surface area contributed by atoms with Gasteiger partial charge in [0.25, 0.3) is 0 Å². The van der Waals surface area contributed by atoms with Crippen molar-refractivity contribution in [1.82, 2.24) is 0 Å². The van der Waals surface area contributed by atoms with Crippen molar-refractivity contribution in [2.75, 3.05) is 5.75 Å². The summed E-state index contributed by atoms with van der Waals surface area (Å²) in [7, 11) is 0. The summed E-state index contributed by atoms with van der Waals surface area (Å²) in [4.78, 5) is 0. The molecule has 1 unspecified atom stereocenters. The van der Waals surface area contributed by atoms with Gasteiger partial charge in [-0.1, -0.05) is 19.9 Å². The van der Waals surface area contributed by atoms with Gasteiger partial charge in [0.15, 0.2) is 0 Å². The van der Waals surface area contributed by atoms with Crippen LogP contribution < -0.4 is 0 Å². The predicted molar refractivity (Wildman–Crippen MR) is 47.0 cm³/mol. The van der Waals surface area contributed by atoms with Gasteiger partial charge in [0.05, 0.1) is 0 Å². The summed E-state index contributed by atoms with van der Waals surface area (Å²) in [6.45, 7) is 10.4. The smallest absolute Gasteiger partial charge is 0.0196 e. The number of hydrogen-bond donors (Lipinski definition) is 0. The van der Waals surface area contributed by atoms with Crippen LogP contribution in [0.4, 0.5) is 0 Å². The Balaban J connectivity index is 3.16. The average molecular weight is 144 g/mol. The minimum Gasteiger partial charge on any atom is -0.154 e. The van der Waals surface area contributed by atoms with Gasteiger partial charge in [0, 0.05) is 5.25 Å². The SMILES string of the molecule is C=CC(C)SCC(C)C. The number of rotatable bonds is 4. The van der Waals surface area contributed by atoms with Gasteiger partial charge in [-0.05, 0) is 18.6 Å². The van der Waals surface area contributed by atoms with Crippen LogP contribution in [0.5, 0.6) is 0 Å². The van der Waals surface area contributed by atoms with E-state index in [0.29, 0.717) is 5.25 Å². The summed E-state index contributed by atoms with van der Waals surface area (Å²) in [5.41, 5.74) is 0. The zero-order valence-electron chi connectivity index (χ0n) is 6.55. The summed E-state index contributed by atoms with van der Waals surface area (Å²) in [6, 6.07) is 0. The van der Waals surface area contributed by atoms with Crippen LogP contribution in [0.1, 0.15) is 20.8 Å². The fraction of sp³-hybridized carbons (Fsp3) is 0.750. The quantitative estimate of drug-likeness (QED) is 0.547. The Morgan fingerprint density at radius 1 is 1.44 bits per heavy atom. The highest BCUT2D eigenvalue weighted by Crippen LogP contribution is 2.14. The highest BCUT2D eigenvalue weighted by Gasteiger charge is 1.97. The first-order chi connectivity index (χ1) is 4.16. The minimum atomic E-state index is 0.618. The van der Waals surface area contributed by atoms with Crippen molar-refractivity contribution in [3.8, 4) is 0 Å². The van der Waals surface area contributed by atoms with E-state index in [1.807, 2.05) is 17.8 Å². The standard InChI is InChI=1S/C8H16S/c1-5-8(4)9-6-7(2)3/h5,7-8H,1,6H2,2-4H3. The van der Waals surface area contributed by atoms with Gasteiger partial charge >= 0.3 is 0 Å². The van der Waals surface area contributed by atoms with Crippen molar-refractivity contribution in [2.24, 2.45) is 5.92 Å². The second kappa shape index (κ2) is 4.92. The topological polar surface area (TPSA) is 0 Å². The summed E-state index contributed by atoms with van der Waals surface area (Å²) >= 11 is 1.97. The second-order valence-electron chi connectivity index (χ2n) is 2.67. The van der Waals surface area contributed by atoms with Crippen molar-refractivity contribution in [2.45, 2.75) is 26.0 Å². The largest absolute Gasteiger partial charge is 0.154 e. The molecule has 0 heterocycles. The fourth-order valence-electron chi connectivity index (χ4n) is 0.412. The molecule has 1 atom stereocenters. The van der Waals surface area contributed by atoms with Gasteiger partial charge in [0.1, 0.15) is 0 Å². The summed E-state index contributed by atoms with van der Waals surface area (Å²) in [5, 5.41) is 0.618. The van der Waals surface area contributed by atoms with Crippen LogP contribution >= 0.6 is 11.8 Å². The molecule has 0 fully saturated rings. The first-order valence-electron chi connectivity index (χ1n) is 3.41. The average Bonchev–Trinajstić information content (AvgIpc) is 1.83. The Labute approximate surface area is 62.7 Å². The molecular weight excluding hydrogens is 128 g/mol. The van der Waals surface area contributed by atoms with Crippen molar-refractivity contribution in [1.29, 1.82) is 0 Å². The molecule has 0 saturated carbocycles. The van der Waals surface area contributed by atoms with Crippen LogP contribution in [-0.4, -0.2) is 11.0 Å². The molecule has 0 aromatic rings. The normalized spacial score (nSPS) is 13.8. The minimum absolute atomic E-state index is 0.618. The highest BCUT2D eigenvalue weighted by molar-refractivity contribution is 8.00. The van der Waals surface area contributed by atoms with E-state index in [4.69, 9.17) is 0 Å². The number of hydrogen-bond acceptors (Lipinski definition) is 1. The van der Waals surface area contributed by atoms with Crippen molar-refractivity contribution in [3.63, 3.8) is 0 Å². The van der Waals surface area contributed by atoms with E-state index in [9.17, 15) is 0 Å². The molecule has 0 aromatic carbocycles. The maximum atomic E-state index is 3.72. The summed E-state index contributed by atoms with van der Waals surface area (Å²) < 4.78 is 0. The monoisotopic (exact) mass is 144 g/mol. The molecule has 0 aliphatic heterocycles. The summed E-state index contributed by atoms with van der Waals surface area (Å²) in [6.07, 6.45) is 1.99. The lowest BCUT2D eigenvalue weighted by Gasteiger charge is -2.06. The molecule has 0 spiro atoms. The van der Waals surface area contributed by atoms with Gasteiger partial charge in [-0.25, -0.2) is 0 Å². The molecular formula is C8H16S. The third kappa shape index (κ3) is 5.97. The molecule has 0 aromatic heterocycles. The fourth-order valence-corrected chi connectivity index (χ4v) is 1.24. The molecule has 54 valence electrons. The van der Waals surface area contributed by atoms with Crippen LogP contribution in [-0.2, 0) is 0 Å². The molecule has 9 heavy (non-hydrogen) atoms. The van der Waals surface area contributed by atoms with Crippen LogP contribution in [0.2, 0.25) is 0 Å². The Hall–Kier alpha value is 0.0900. The maximum Gasteiger partial charge on any atom is 0.0196 e. The molecule has 0 aliphatic carbocycles. The molecule has 1 heteroatoms. The van der Waals surface area contributed by atoms with E-state index in [2.05, 4.69) is 27.4 Å². The zero-order valence-corrected chi connectivity index (χ0v) is 7.37. The van der Waals surface area contributed by atoms with Crippen LogP contribution in [0.25, 0.3) is 0 Å². The highest BCUT2D eigenvalue weighted by atomic mass is 32.2. The lowest BCUT2D eigenvalue weighted by atomic mass is 10.3. The predicted octanol–water partition coefficient (Wildman–Crippen LogP) is 2.95. The molecule has 0 saturated heterocycles. The van der Waals surface area contributed by atoms with Gasteiger partial charge in [-0.3, -0.25) is 0 Å². The summed E-state index contributed by atoms with van der Waals surface area (Å²) in [5.74, 6) is 2.05. The third-order valence-corrected chi connectivity index (χ3v) is 2.60. The van der Waals surface area contributed by atoms with Crippen LogP contribution in [0.15, 0.2) is 12.7 Å². The van der Waals surface area contributed by atoms with Gasteiger partial charge in [-0.15, -0.1) is 6.58 Å². The van der Waals surface area contributed by atoms with Crippen molar-refractivity contribution in [3.05, 3.63) is 12.7 Å². The lowest BCUT2D eigenvalue weighted by molar-refractivity contribution is 0.749. The van der Waals surface area contributed by atoms with E-state index in [0.717, 1.165) is 5.92 Å². The van der Waals surface area contributed by atoms with Gasteiger partial charge in [0.2, 0.25) is 0 Å². The molecule has 0 aliphatic rings. The Morgan fingerprint density at radius 3 is 2.33 bits per heavy atom. The van der Waals surface area contributed by atoms with Crippen LogP contribution in [0, 0.1) is 5.92 Å². The second-order valence-corrected chi connectivity index (χ2v) is 4.08. The zero-order chi connectivity index (χ0) is 7.28. The van der Waals surface area contributed by atoms with Crippen molar-refractivity contribution < 1.29 is 0 Å². The van der Waals surface area contributed by atoms with E-state index in [1.54, 1.807) is 0 Å². The molecule has 0 amide bonds. The molecule has 0 bridgehead atoms. The van der Waals surface area contributed by atoms with E-state index < -0.39 is 0 Å². The lowest BCUT2D eigenvalue weighted by Crippen LogP contribution is -1.96.